The Bertz CT molecular complexity index is 849. The maximum atomic E-state index is 12.7. The SMILES string of the molecule is Cc1cccc(CNC(=O)C2CC2C(=O)N2CCN(c3ncccn3)CC2)c1. The van der Waals surface area contributed by atoms with Gasteiger partial charge in [-0.1, -0.05) is 29.8 Å². The highest BCUT2D eigenvalue weighted by Gasteiger charge is 2.49. The van der Waals surface area contributed by atoms with Crippen molar-refractivity contribution in [3.8, 4) is 0 Å². The van der Waals surface area contributed by atoms with Crippen molar-refractivity contribution in [2.24, 2.45) is 11.8 Å². The van der Waals surface area contributed by atoms with E-state index < -0.39 is 0 Å². The third kappa shape index (κ3) is 4.13. The fourth-order valence-electron chi connectivity index (χ4n) is 3.72. The number of benzene rings is 1. The van der Waals surface area contributed by atoms with Crippen LogP contribution in [0.15, 0.2) is 42.7 Å². The van der Waals surface area contributed by atoms with Crippen LogP contribution in [0.25, 0.3) is 0 Å². The zero-order valence-corrected chi connectivity index (χ0v) is 16.0. The molecule has 146 valence electrons. The molecule has 1 aliphatic heterocycles. The van der Waals surface area contributed by atoms with E-state index in [0.29, 0.717) is 45.1 Å². The molecular formula is C21H25N5O2. The molecule has 1 saturated heterocycles. The first-order valence-electron chi connectivity index (χ1n) is 9.76. The van der Waals surface area contributed by atoms with Gasteiger partial charge in [0.05, 0.1) is 11.8 Å². The van der Waals surface area contributed by atoms with Crippen molar-refractivity contribution >= 4 is 17.8 Å². The second kappa shape index (κ2) is 7.96. The molecule has 2 unspecified atom stereocenters. The number of aryl methyl sites for hydroxylation is 1. The first kappa shape index (κ1) is 18.4. The van der Waals surface area contributed by atoms with Crippen molar-refractivity contribution < 1.29 is 9.59 Å². The van der Waals surface area contributed by atoms with Gasteiger partial charge < -0.3 is 15.1 Å². The van der Waals surface area contributed by atoms with Crippen molar-refractivity contribution in [2.45, 2.75) is 19.9 Å². The molecule has 1 N–H and O–H groups in total. The molecule has 2 atom stereocenters. The lowest BCUT2D eigenvalue weighted by Gasteiger charge is -2.34. The van der Waals surface area contributed by atoms with Crippen molar-refractivity contribution in [3.05, 3.63) is 53.9 Å². The van der Waals surface area contributed by atoms with Gasteiger partial charge in [-0.3, -0.25) is 9.59 Å². The Morgan fingerprint density at radius 1 is 1.07 bits per heavy atom. The zero-order chi connectivity index (χ0) is 19.5. The van der Waals surface area contributed by atoms with Gasteiger partial charge in [0.15, 0.2) is 0 Å². The van der Waals surface area contributed by atoms with E-state index in [1.165, 1.54) is 5.56 Å². The fraction of sp³-hybridized carbons (Fsp3) is 0.429. The molecule has 1 aromatic carbocycles. The Kier molecular flexibility index (Phi) is 5.23. The van der Waals surface area contributed by atoms with Crippen molar-refractivity contribution in [1.82, 2.24) is 20.2 Å². The topological polar surface area (TPSA) is 78.4 Å². The number of anilines is 1. The zero-order valence-electron chi connectivity index (χ0n) is 16.0. The van der Waals surface area contributed by atoms with Crippen LogP contribution in [0.3, 0.4) is 0 Å². The number of hydrogen-bond acceptors (Lipinski definition) is 5. The number of amides is 2. The molecule has 0 radical (unpaired) electrons. The smallest absolute Gasteiger partial charge is 0.226 e. The summed E-state index contributed by atoms with van der Waals surface area (Å²) in [6.07, 6.45) is 4.11. The number of nitrogens with one attached hydrogen (secondary N) is 1. The van der Waals surface area contributed by atoms with E-state index >= 15 is 0 Å². The third-order valence-electron chi connectivity index (χ3n) is 5.42. The first-order chi connectivity index (χ1) is 13.6. The highest BCUT2D eigenvalue weighted by atomic mass is 16.2. The van der Waals surface area contributed by atoms with Crippen molar-refractivity contribution in [1.29, 1.82) is 0 Å². The Morgan fingerprint density at radius 2 is 1.82 bits per heavy atom. The Morgan fingerprint density at radius 3 is 2.54 bits per heavy atom. The average Bonchev–Trinajstić information content (AvgIpc) is 3.53. The van der Waals surface area contributed by atoms with Crippen LogP contribution in [0.4, 0.5) is 5.95 Å². The molecule has 2 aliphatic rings. The maximum absolute atomic E-state index is 12.7. The lowest BCUT2D eigenvalue weighted by atomic mass is 10.1. The van der Waals surface area contributed by atoms with Crippen LogP contribution >= 0.6 is 0 Å². The Balaban J connectivity index is 1.24. The van der Waals surface area contributed by atoms with Crippen LogP contribution in [0.1, 0.15) is 17.5 Å². The summed E-state index contributed by atoms with van der Waals surface area (Å²) in [7, 11) is 0. The number of rotatable bonds is 5. The summed E-state index contributed by atoms with van der Waals surface area (Å²) in [6.45, 7) is 5.26. The summed E-state index contributed by atoms with van der Waals surface area (Å²) in [5.41, 5.74) is 2.25. The van der Waals surface area contributed by atoms with E-state index in [4.69, 9.17) is 0 Å². The monoisotopic (exact) mass is 379 g/mol. The van der Waals surface area contributed by atoms with E-state index in [2.05, 4.69) is 26.3 Å². The Labute approximate surface area is 164 Å². The van der Waals surface area contributed by atoms with Gasteiger partial charge in [0.2, 0.25) is 17.8 Å². The minimum atomic E-state index is -0.187. The van der Waals surface area contributed by atoms with Crippen LogP contribution in [-0.4, -0.2) is 52.9 Å². The molecule has 1 saturated carbocycles. The third-order valence-corrected chi connectivity index (χ3v) is 5.42. The quantitative estimate of drug-likeness (QED) is 0.849. The number of nitrogens with zero attached hydrogens (tertiary/aromatic N) is 4. The lowest BCUT2D eigenvalue weighted by molar-refractivity contribution is -0.135. The van der Waals surface area contributed by atoms with Gasteiger partial charge in [0, 0.05) is 45.1 Å². The van der Waals surface area contributed by atoms with E-state index in [1.807, 2.05) is 30.0 Å². The lowest BCUT2D eigenvalue weighted by Crippen LogP contribution is -2.50. The summed E-state index contributed by atoms with van der Waals surface area (Å²) in [5.74, 6) is 0.430. The molecule has 1 aromatic heterocycles. The largest absolute Gasteiger partial charge is 0.352 e. The maximum Gasteiger partial charge on any atom is 0.226 e. The number of carbonyl (C=O) groups is 2. The molecule has 0 spiro atoms. The van der Waals surface area contributed by atoms with Crippen LogP contribution in [0.2, 0.25) is 0 Å². The minimum Gasteiger partial charge on any atom is -0.352 e. The predicted octanol–water partition coefficient (Wildman–Crippen LogP) is 1.39. The summed E-state index contributed by atoms with van der Waals surface area (Å²) < 4.78 is 0. The summed E-state index contributed by atoms with van der Waals surface area (Å²) in [4.78, 5) is 37.6. The summed E-state index contributed by atoms with van der Waals surface area (Å²) in [6, 6.07) is 9.87. The van der Waals surface area contributed by atoms with Gasteiger partial charge in [-0.05, 0) is 25.0 Å². The van der Waals surface area contributed by atoms with Crippen molar-refractivity contribution in [3.63, 3.8) is 0 Å². The highest BCUT2D eigenvalue weighted by molar-refractivity contribution is 5.92. The van der Waals surface area contributed by atoms with Gasteiger partial charge in [-0.2, -0.15) is 0 Å². The number of aromatic nitrogens is 2. The number of piperazine rings is 1. The van der Waals surface area contributed by atoms with Gasteiger partial charge in [0.25, 0.3) is 0 Å². The normalized spacial score (nSPS) is 21.3. The first-order valence-corrected chi connectivity index (χ1v) is 9.76. The van der Waals surface area contributed by atoms with Crippen molar-refractivity contribution in [2.75, 3.05) is 31.1 Å². The molecule has 0 bridgehead atoms. The van der Waals surface area contributed by atoms with Gasteiger partial charge >= 0.3 is 0 Å². The van der Waals surface area contributed by atoms with Gasteiger partial charge in [0.1, 0.15) is 0 Å². The molecule has 28 heavy (non-hydrogen) atoms. The molecule has 1 aliphatic carbocycles. The summed E-state index contributed by atoms with van der Waals surface area (Å²) >= 11 is 0. The Hall–Kier alpha value is -2.96. The highest BCUT2D eigenvalue weighted by Crippen LogP contribution is 2.40. The number of hydrogen-bond donors (Lipinski definition) is 1. The van der Waals surface area contributed by atoms with Crippen LogP contribution in [0, 0.1) is 18.8 Å². The van der Waals surface area contributed by atoms with Crippen LogP contribution < -0.4 is 10.2 Å². The standard InChI is InChI=1S/C21H25N5O2/c1-15-4-2-5-16(12-15)14-24-19(27)17-13-18(17)20(28)25-8-10-26(11-9-25)21-22-6-3-7-23-21/h2-7,12,17-18H,8-11,13-14H2,1H3,(H,24,27). The van der Waals surface area contributed by atoms with Gasteiger partial charge in [-0.15, -0.1) is 0 Å². The van der Waals surface area contributed by atoms with E-state index in [-0.39, 0.29) is 23.7 Å². The second-order valence-corrected chi connectivity index (χ2v) is 7.52. The van der Waals surface area contributed by atoms with E-state index in [9.17, 15) is 9.59 Å². The summed E-state index contributed by atoms with van der Waals surface area (Å²) in [5, 5.41) is 2.97. The van der Waals surface area contributed by atoms with E-state index in [0.717, 1.165) is 5.56 Å². The number of carbonyl (C=O) groups excluding carboxylic acids is 2. The average molecular weight is 379 g/mol. The second-order valence-electron chi connectivity index (χ2n) is 7.52. The molecule has 2 heterocycles. The molecule has 4 rings (SSSR count). The van der Waals surface area contributed by atoms with Crippen LogP contribution in [-0.2, 0) is 16.1 Å². The molecule has 7 heteroatoms. The molecule has 2 amide bonds. The molecule has 7 nitrogen and oxygen atoms in total. The molecule has 2 aromatic rings. The van der Waals surface area contributed by atoms with Gasteiger partial charge in [-0.25, -0.2) is 9.97 Å². The molecule has 2 fully saturated rings. The fourth-order valence-corrected chi connectivity index (χ4v) is 3.72. The van der Waals surface area contributed by atoms with Crippen LogP contribution in [0.5, 0.6) is 0 Å². The minimum absolute atomic E-state index is 0.0174. The van der Waals surface area contributed by atoms with E-state index in [1.54, 1.807) is 18.5 Å². The predicted molar refractivity (Wildman–Crippen MR) is 105 cm³/mol. The molecular weight excluding hydrogens is 354 g/mol.